The van der Waals surface area contributed by atoms with Gasteiger partial charge in [-0.2, -0.15) is 5.26 Å². The molecule has 0 aliphatic rings. The predicted octanol–water partition coefficient (Wildman–Crippen LogP) is 4.38. The minimum atomic E-state index is 0.410. The van der Waals surface area contributed by atoms with Gasteiger partial charge >= 0.3 is 0 Å². The zero-order valence-corrected chi connectivity index (χ0v) is 12.4. The van der Waals surface area contributed by atoms with Gasteiger partial charge in [-0.3, -0.25) is 0 Å². The number of halogens is 1. The van der Waals surface area contributed by atoms with Crippen molar-refractivity contribution in [3.8, 4) is 17.2 Å². The van der Waals surface area contributed by atoms with Crippen molar-refractivity contribution in [1.29, 1.82) is 5.26 Å². The van der Waals surface area contributed by atoms with E-state index in [0.29, 0.717) is 11.6 Å². The molecule has 0 aliphatic carbocycles. The van der Waals surface area contributed by atoms with Crippen molar-refractivity contribution in [3.05, 3.63) is 58.6 Å². The molecule has 3 heteroatoms. The van der Waals surface area contributed by atoms with E-state index in [0.717, 1.165) is 28.3 Å². The van der Waals surface area contributed by atoms with Gasteiger partial charge in [-0.25, -0.2) is 0 Å². The van der Waals surface area contributed by atoms with Gasteiger partial charge < -0.3 is 5.32 Å². The van der Waals surface area contributed by atoms with E-state index in [4.69, 9.17) is 16.9 Å². The Labute approximate surface area is 125 Å². The first-order valence-corrected chi connectivity index (χ1v) is 7.00. The molecule has 0 saturated heterocycles. The molecule has 0 atom stereocenters. The van der Waals surface area contributed by atoms with Gasteiger partial charge in [-0.05, 0) is 41.0 Å². The summed E-state index contributed by atoms with van der Waals surface area (Å²) in [7, 11) is 0. The SMILES string of the molecule is CC(C)NCc1cc(Cl)ccc1-c1cccc(C#N)c1. The molecule has 0 aromatic heterocycles. The van der Waals surface area contributed by atoms with Crippen LogP contribution in [0, 0.1) is 11.3 Å². The number of nitriles is 1. The summed E-state index contributed by atoms with van der Waals surface area (Å²) in [5.74, 6) is 0. The molecular weight excluding hydrogens is 268 g/mol. The Kier molecular flexibility index (Phi) is 4.79. The molecule has 2 rings (SSSR count). The number of rotatable bonds is 4. The van der Waals surface area contributed by atoms with Gasteiger partial charge in [0.2, 0.25) is 0 Å². The average Bonchev–Trinajstić information content (AvgIpc) is 2.45. The van der Waals surface area contributed by atoms with Crippen molar-refractivity contribution in [2.45, 2.75) is 26.4 Å². The predicted molar refractivity (Wildman–Crippen MR) is 83.6 cm³/mol. The first-order chi connectivity index (χ1) is 9.60. The summed E-state index contributed by atoms with van der Waals surface area (Å²) in [5, 5.41) is 13.1. The molecule has 2 nitrogen and oxygen atoms in total. The third kappa shape index (κ3) is 3.60. The lowest BCUT2D eigenvalue weighted by molar-refractivity contribution is 0.589. The average molecular weight is 285 g/mol. The summed E-state index contributed by atoms with van der Waals surface area (Å²) in [5.41, 5.74) is 3.96. The summed E-state index contributed by atoms with van der Waals surface area (Å²) < 4.78 is 0. The Morgan fingerprint density at radius 2 is 2.00 bits per heavy atom. The number of nitrogens with zero attached hydrogens (tertiary/aromatic N) is 1. The Bertz CT molecular complexity index is 642. The number of hydrogen-bond donors (Lipinski definition) is 1. The van der Waals surface area contributed by atoms with Crippen LogP contribution in [0.25, 0.3) is 11.1 Å². The lowest BCUT2D eigenvalue weighted by Crippen LogP contribution is -2.22. The molecule has 2 aromatic carbocycles. The summed E-state index contributed by atoms with van der Waals surface area (Å²) >= 11 is 6.10. The van der Waals surface area contributed by atoms with E-state index in [-0.39, 0.29) is 0 Å². The molecular formula is C17H17ClN2. The van der Waals surface area contributed by atoms with Crippen LogP contribution in [0.4, 0.5) is 0 Å². The standard InChI is InChI=1S/C17H17ClN2/c1-12(2)20-11-15-9-16(18)6-7-17(15)14-5-3-4-13(8-14)10-19/h3-9,12,20H,11H2,1-2H3. The van der Waals surface area contributed by atoms with Crippen LogP contribution in [0.3, 0.4) is 0 Å². The Hall–Kier alpha value is -1.82. The molecule has 0 unspecified atom stereocenters. The second-order valence-corrected chi connectivity index (χ2v) is 5.47. The third-order valence-corrected chi connectivity index (χ3v) is 3.31. The molecule has 0 heterocycles. The summed E-state index contributed by atoms with van der Waals surface area (Å²) in [4.78, 5) is 0. The van der Waals surface area contributed by atoms with Crippen LogP contribution in [0.1, 0.15) is 25.0 Å². The van der Waals surface area contributed by atoms with Gasteiger partial charge in [0, 0.05) is 17.6 Å². The van der Waals surface area contributed by atoms with Crippen LogP contribution < -0.4 is 5.32 Å². The van der Waals surface area contributed by atoms with Gasteiger partial charge in [0.05, 0.1) is 11.6 Å². The van der Waals surface area contributed by atoms with E-state index >= 15 is 0 Å². The molecule has 0 saturated carbocycles. The molecule has 102 valence electrons. The molecule has 2 aromatic rings. The Balaban J connectivity index is 2.42. The van der Waals surface area contributed by atoms with Crippen LogP contribution in [0.15, 0.2) is 42.5 Å². The third-order valence-electron chi connectivity index (χ3n) is 3.07. The smallest absolute Gasteiger partial charge is 0.0991 e. The van der Waals surface area contributed by atoms with Crippen LogP contribution >= 0.6 is 11.6 Å². The van der Waals surface area contributed by atoms with Gasteiger partial charge in [0.15, 0.2) is 0 Å². The van der Waals surface area contributed by atoms with E-state index in [2.05, 4.69) is 25.2 Å². The van der Waals surface area contributed by atoms with E-state index < -0.39 is 0 Å². The van der Waals surface area contributed by atoms with Crippen molar-refractivity contribution in [3.63, 3.8) is 0 Å². The van der Waals surface area contributed by atoms with Gasteiger partial charge in [-0.1, -0.05) is 43.6 Å². The van der Waals surface area contributed by atoms with E-state index in [1.807, 2.05) is 42.5 Å². The van der Waals surface area contributed by atoms with Crippen LogP contribution in [-0.2, 0) is 6.54 Å². The van der Waals surface area contributed by atoms with Gasteiger partial charge in [0.1, 0.15) is 0 Å². The summed E-state index contributed by atoms with van der Waals surface area (Å²) in [6, 6.07) is 16.1. The monoisotopic (exact) mass is 284 g/mol. The van der Waals surface area contributed by atoms with Crippen molar-refractivity contribution < 1.29 is 0 Å². The second kappa shape index (κ2) is 6.56. The van der Waals surface area contributed by atoms with Crippen molar-refractivity contribution >= 4 is 11.6 Å². The quantitative estimate of drug-likeness (QED) is 0.904. The molecule has 0 radical (unpaired) electrons. The fourth-order valence-electron chi connectivity index (χ4n) is 2.06. The highest BCUT2D eigenvalue weighted by Crippen LogP contribution is 2.27. The first kappa shape index (κ1) is 14.6. The van der Waals surface area contributed by atoms with E-state index in [1.165, 1.54) is 0 Å². The van der Waals surface area contributed by atoms with E-state index in [9.17, 15) is 0 Å². The molecule has 0 aliphatic heterocycles. The maximum absolute atomic E-state index is 9.02. The number of nitrogens with one attached hydrogen (secondary N) is 1. The minimum absolute atomic E-state index is 0.410. The topological polar surface area (TPSA) is 35.8 Å². The highest BCUT2D eigenvalue weighted by atomic mass is 35.5. The fourth-order valence-corrected chi connectivity index (χ4v) is 2.26. The lowest BCUT2D eigenvalue weighted by Gasteiger charge is -2.13. The molecule has 0 amide bonds. The van der Waals surface area contributed by atoms with Crippen LogP contribution in [0.5, 0.6) is 0 Å². The van der Waals surface area contributed by atoms with Crippen molar-refractivity contribution in [1.82, 2.24) is 5.32 Å². The number of hydrogen-bond acceptors (Lipinski definition) is 2. The maximum Gasteiger partial charge on any atom is 0.0991 e. The highest BCUT2D eigenvalue weighted by molar-refractivity contribution is 6.30. The van der Waals surface area contributed by atoms with Crippen molar-refractivity contribution in [2.24, 2.45) is 0 Å². The van der Waals surface area contributed by atoms with E-state index in [1.54, 1.807) is 0 Å². The second-order valence-electron chi connectivity index (χ2n) is 5.03. The van der Waals surface area contributed by atoms with Crippen LogP contribution in [0.2, 0.25) is 5.02 Å². The molecule has 0 fully saturated rings. The Morgan fingerprint density at radius 1 is 1.20 bits per heavy atom. The lowest BCUT2D eigenvalue weighted by atomic mass is 9.98. The highest BCUT2D eigenvalue weighted by Gasteiger charge is 2.07. The largest absolute Gasteiger partial charge is 0.310 e. The van der Waals surface area contributed by atoms with Gasteiger partial charge in [-0.15, -0.1) is 0 Å². The molecule has 20 heavy (non-hydrogen) atoms. The zero-order valence-electron chi connectivity index (χ0n) is 11.7. The van der Waals surface area contributed by atoms with Crippen molar-refractivity contribution in [2.75, 3.05) is 0 Å². The van der Waals surface area contributed by atoms with Crippen LogP contribution in [-0.4, -0.2) is 6.04 Å². The number of benzene rings is 2. The van der Waals surface area contributed by atoms with Gasteiger partial charge in [0.25, 0.3) is 0 Å². The molecule has 0 spiro atoms. The molecule has 1 N–H and O–H groups in total. The first-order valence-electron chi connectivity index (χ1n) is 6.62. The summed E-state index contributed by atoms with van der Waals surface area (Å²) in [6.45, 7) is 4.98. The fraction of sp³-hybridized carbons (Fsp3) is 0.235. The molecule has 0 bridgehead atoms. The Morgan fingerprint density at radius 3 is 2.70 bits per heavy atom. The normalized spacial score (nSPS) is 10.6. The minimum Gasteiger partial charge on any atom is -0.310 e. The summed E-state index contributed by atoms with van der Waals surface area (Å²) in [6.07, 6.45) is 0. The maximum atomic E-state index is 9.02. The zero-order chi connectivity index (χ0) is 14.5.